The highest BCUT2D eigenvalue weighted by Crippen LogP contribution is 2.16. The summed E-state index contributed by atoms with van der Waals surface area (Å²) < 4.78 is 0. The van der Waals surface area contributed by atoms with Crippen LogP contribution in [-0.4, -0.2) is 53.7 Å². The minimum Gasteiger partial charge on any atom is -0.349 e. The second kappa shape index (κ2) is 9.01. The van der Waals surface area contributed by atoms with E-state index in [2.05, 4.69) is 32.3 Å². The lowest BCUT2D eigenvalue weighted by Gasteiger charge is -2.24. The van der Waals surface area contributed by atoms with Crippen molar-refractivity contribution in [3.05, 3.63) is 52.8 Å². The van der Waals surface area contributed by atoms with E-state index in [1.54, 1.807) is 0 Å². The number of hydrogen-bond acceptors (Lipinski definition) is 5. The van der Waals surface area contributed by atoms with Gasteiger partial charge in [0.05, 0.1) is 11.2 Å². The topological polar surface area (TPSA) is 58.1 Å². The van der Waals surface area contributed by atoms with Crippen LogP contribution in [0.1, 0.15) is 16.1 Å². The van der Waals surface area contributed by atoms with Gasteiger partial charge in [-0.15, -0.1) is 0 Å². The third kappa shape index (κ3) is 5.19. The molecule has 0 aliphatic heterocycles. The second-order valence-corrected chi connectivity index (χ2v) is 6.75. The highest BCUT2D eigenvalue weighted by Gasteiger charge is 2.17. The zero-order valence-electron chi connectivity index (χ0n) is 14.0. The first kappa shape index (κ1) is 18.7. The van der Waals surface area contributed by atoms with Gasteiger partial charge in [-0.05, 0) is 32.3 Å². The molecule has 0 saturated heterocycles. The molecule has 0 spiro atoms. The van der Waals surface area contributed by atoms with Crippen LogP contribution < -0.4 is 5.32 Å². The molecule has 0 fully saturated rings. The average molecular weight is 365 g/mol. The van der Waals surface area contributed by atoms with Crippen LogP contribution in [0.3, 0.4) is 0 Å². The summed E-state index contributed by atoms with van der Waals surface area (Å²) in [7, 11) is 4.01. The summed E-state index contributed by atoms with van der Waals surface area (Å²) in [6, 6.07) is 10.4. The normalized spacial score (nSPS) is 12.2. The molecule has 1 amide bonds. The number of aromatic nitrogens is 2. The number of nitrogens with zero attached hydrogens (tertiary/aromatic N) is 3. The molecule has 1 aromatic carbocycles. The van der Waals surface area contributed by atoms with Crippen molar-refractivity contribution in [1.29, 1.82) is 0 Å². The third-order valence-corrected chi connectivity index (χ3v) is 4.50. The van der Waals surface area contributed by atoms with E-state index in [0.717, 1.165) is 6.42 Å². The number of likely N-dealkylation sites (N-methyl/N-ethyl adjacent to an activating group) is 1. The Balaban J connectivity index is 2.02. The summed E-state index contributed by atoms with van der Waals surface area (Å²) in [5.74, 6) is -0.280. The van der Waals surface area contributed by atoms with Gasteiger partial charge in [-0.1, -0.05) is 53.7 Å². The highest BCUT2D eigenvalue weighted by molar-refractivity contribution is 7.98. The van der Waals surface area contributed by atoms with Gasteiger partial charge in [0.2, 0.25) is 0 Å². The van der Waals surface area contributed by atoms with Gasteiger partial charge in [0.15, 0.2) is 10.9 Å². The Hall–Kier alpha value is -1.63. The smallest absolute Gasteiger partial charge is 0.271 e. The molecule has 7 heteroatoms. The molecule has 1 aromatic heterocycles. The predicted octanol–water partition coefficient (Wildman–Crippen LogP) is 2.75. The zero-order chi connectivity index (χ0) is 17.5. The van der Waals surface area contributed by atoms with Crippen LogP contribution in [0.4, 0.5) is 0 Å². The average Bonchev–Trinajstić information content (AvgIpc) is 2.59. The molecular formula is C17H21ClN4OS. The molecule has 1 heterocycles. The predicted molar refractivity (Wildman–Crippen MR) is 98.8 cm³/mol. The molecule has 0 aliphatic rings. The fourth-order valence-corrected chi connectivity index (χ4v) is 2.74. The first-order valence-electron chi connectivity index (χ1n) is 7.56. The van der Waals surface area contributed by atoms with E-state index in [-0.39, 0.29) is 22.7 Å². The molecule has 1 N–H and O–H groups in total. The van der Waals surface area contributed by atoms with E-state index < -0.39 is 0 Å². The number of thioether (sulfide) groups is 1. The summed E-state index contributed by atoms with van der Waals surface area (Å²) in [5.41, 5.74) is 1.45. The van der Waals surface area contributed by atoms with Crippen LogP contribution in [0.15, 0.2) is 41.7 Å². The minimum atomic E-state index is -0.280. The number of halogens is 1. The monoisotopic (exact) mass is 364 g/mol. The second-order valence-electron chi connectivity index (χ2n) is 5.57. The largest absolute Gasteiger partial charge is 0.349 e. The van der Waals surface area contributed by atoms with Crippen molar-refractivity contribution >= 4 is 29.3 Å². The first-order valence-corrected chi connectivity index (χ1v) is 9.16. The number of rotatable bonds is 7. The fourth-order valence-electron chi connectivity index (χ4n) is 2.23. The molecule has 0 saturated carbocycles. The summed E-state index contributed by atoms with van der Waals surface area (Å²) >= 11 is 7.42. The Morgan fingerprint density at radius 2 is 2.04 bits per heavy atom. The van der Waals surface area contributed by atoms with Gasteiger partial charge < -0.3 is 10.2 Å². The van der Waals surface area contributed by atoms with Crippen molar-refractivity contribution in [3.8, 4) is 0 Å². The summed E-state index contributed by atoms with van der Waals surface area (Å²) in [6.07, 6.45) is 4.16. The van der Waals surface area contributed by atoms with Crippen molar-refractivity contribution in [2.45, 2.75) is 17.6 Å². The van der Waals surface area contributed by atoms with Gasteiger partial charge in [0, 0.05) is 12.6 Å². The van der Waals surface area contributed by atoms with Crippen molar-refractivity contribution in [1.82, 2.24) is 20.2 Å². The Morgan fingerprint density at radius 1 is 1.33 bits per heavy atom. The Bertz CT molecular complexity index is 682. The molecule has 1 atom stereocenters. The van der Waals surface area contributed by atoms with E-state index in [9.17, 15) is 4.79 Å². The fraction of sp³-hybridized carbons (Fsp3) is 0.353. The molecule has 0 aliphatic carbocycles. The van der Waals surface area contributed by atoms with Gasteiger partial charge >= 0.3 is 0 Å². The molecule has 0 unspecified atom stereocenters. The molecular weight excluding hydrogens is 344 g/mol. The molecule has 5 nitrogen and oxygen atoms in total. The number of amides is 1. The van der Waals surface area contributed by atoms with Gasteiger partial charge in [-0.25, -0.2) is 9.97 Å². The summed E-state index contributed by atoms with van der Waals surface area (Å²) in [5, 5.41) is 3.71. The van der Waals surface area contributed by atoms with Crippen LogP contribution in [0, 0.1) is 0 Å². The molecule has 2 aromatic rings. The lowest BCUT2D eigenvalue weighted by Crippen LogP contribution is -2.41. The number of hydrogen-bond donors (Lipinski definition) is 1. The van der Waals surface area contributed by atoms with Crippen molar-refractivity contribution in [2.24, 2.45) is 0 Å². The standard InChI is InChI=1S/C17H21ClN4OS/c1-22(2)13(9-12-7-5-4-6-8-12)10-19-16(23)15-14(18)11-20-17(21-15)24-3/h4-8,11,13H,9-10H2,1-3H3,(H,19,23)/t13-/m1/s1. The van der Waals surface area contributed by atoms with Crippen molar-refractivity contribution in [3.63, 3.8) is 0 Å². The van der Waals surface area contributed by atoms with Crippen LogP contribution in [0.2, 0.25) is 5.02 Å². The van der Waals surface area contributed by atoms with Gasteiger partial charge in [0.1, 0.15) is 0 Å². The molecule has 24 heavy (non-hydrogen) atoms. The molecule has 128 valence electrons. The van der Waals surface area contributed by atoms with E-state index in [1.165, 1.54) is 23.5 Å². The Kier molecular flexibility index (Phi) is 7.02. The van der Waals surface area contributed by atoms with Crippen molar-refractivity contribution in [2.75, 3.05) is 26.9 Å². The van der Waals surface area contributed by atoms with E-state index in [0.29, 0.717) is 11.7 Å². The summed E-state index contributed by atoms with van der Waals surface area (Å²) in [4.78, 5) is 22.7. The van der Waals surface area contributed by atoms with Crippen LogP contribution in [-0.2, 0) is 6.42 Å². The number of nitrogens with one attached hydrogen (secondary N) is 1. The number of carbonyl (C=O) groups excluding carboxylic acids is 1. The van der Waals surface area contributed by atoms with Crippen LogP contribution >= 0.6 is 23.4 Å². The minimum absolute atomic E-state index is 0.178. The molecule has 0 radical (unpaired) electrons. The molecule has 0 bridgehead atoms. The van der Waals surface area contributed by atoms with Gasteiger partial charge in [0.25, 0.3) is 5.91 Å². The lowest BCUT2D eigenvalue weighted by atomic mass is 10.1. The maximum absolute atomic E-state index is 12.4. The summed E-state index contributed by atoms with van der Waals surface area (Å²) in [6.45, 7) is 0.510. The highest BCUT2D eigenvalue weighted by atomic mass is 35.5. The van der Waals surface area contributed by atoms with E-state index >= 15 is 0 Å². The van der Waals surface area contributed by atoms with E-state index in [4.69, 9.17) is 11.6 Å². The lowest BCUT2D eigenvalue weighted by molar-refractivity contribution is 0.0936. The maximum atomic E-state index is 12.4. The quantitative estimate of drug-likeness (QED) is 0.604. The van der Waals surface area contributed by atoms with Gasteiger partial charge in [-0.2, -0.15) is 0 Å². The maximum Gasteiger partial charge on any atom is 0.271 e. The Labute approximate surface area is 151 Å². The number of carbonyl (C=O) groups is 1. The SMILES string of the molecule is CSc1ncc(Cl)c(C(=O)NC[C@@H](Cc2ccccc2)N(C)C)n1. The zero-order valence-corrected chi connectivity index (χ0v) is 15.6. The Morgan fingerprint density at radius 3 is 2.67 bits per heavy atom. The van der Waals surface area contributed by atoms with E-state index in [1.807, 2.05) is 38.6 Å². The first-order chi connectivity index (χ1) is 11.5. The number of benzene rings is 1. The van der Waals surface area contributed by atoms with Crippen LogP contribution in [0.5, 0.6) is 0 Å². The third-order valence-electron chi connectivity index (χ3n) is 3.66. The van der Waals surface area contributed by atoms with Crippen molar-refractivity contribution < 1.29 is 4.79 Å². The van der Waals surface area contributed by atoms with Crippen LogP contribution in [0.25, 0.3) is 0 Å². The molecule has 2 rings (SSSR count). The van der Waals surface area contributed by atoms with Gasteiger partial charge in [-0.3, -0.25) is 4.79 Å².